The minimum absolute atomic E-state index is 0.0405. The predicted molar refractivity (Wildman–Crippen MR) is 83.3 cm³/mol. The van der Waals surface area contributed by atoms with Crippen LogP contribution in [0.2, 0.25) is 0 Å². The number of nitrogens with zero attached hydrogens (tertiary/aromatic N) is 3. The molecule has 2 rings (SSSR count). The number of benzene rings is 1. The van der Waals surface area contributed by atoms with Crippen LogP contribution in [0.25, 0.3) is 0 Å². The van der Waals surface area contributed by atoms with Crippen LogP contribution in [0.4, 0.5) is 0 Å². The first-order chi connectivity index (χ1) is 9.11. The Balaban J connectivity index is 2.19. The molecule has 19 heavy (non-hydrogen) atoms. The minimum Gasteiger partial charge on any atom is -0.271 e. The van der Waals surface area contributed by atoms with Crippen molar-refractivity contribution in [3.05, 3.63) is 45.6 Å². The van der Waals surface area contributed by atoms with Crippen molar-refractivity contribution in [1.82, 2.24) is 20.2 Å². The minimum atomic E-state index is 0.0405. The molecule has 0 saturated carbocycles. The Labute approximate surface area is 126 Å². The van der Waals surface area contributed by atoms with Crippen LogP contribution in [0.5, 0.6) is 0 Å². The SMILES string of the molecule is CC(C)n1ncnc1CC(NN)c1ccc(I)cc1. The molecule has 0 spiro atoms. The van der Waals surface area contributed by atoms with Crippen molar-refractivity contribution in [2.45, 2.75) is 32.4 Å². The highest BCUT2D eigenvalue weighted by atomic mass is 127. The van der Waals surface area contributed by atoms with Crippen molar-refractivity contribution in [2.75, 3.05) is 0 Å². The quantitative estimate of drug-likeness (QED) is 0.481. The zero-order chi connectivity index (χ0) is 13.8. The highest BCUT2D eigenvalue weighted by molar-refractivity contribution is 14.1. The van der Waals surface area contributed by atoms with Gasteiger partial charge >= 0.3 is 0 Å². The largest absolute Gasteiger partial charge is 0.271 e. The Morgan fingerprint density at radius 3 is 2.58 bits per heavy atom. The Hall–Kier alpha value is -0.990. The van der Waals surface area contributed by atoms with E-state index >= 15 is 0 Å². The second-order valence-corrected chi connectivity index (χ2v) is 5.94. The fraction of sp³-hybridized carbons (Fsp3) is 0.385. The third-order valence-corrected chi connectivity index (χ3v) is 3.72. The number of hydrogen-bond acceptors (Lipinski definition) is 4. The summed E-state index contributed by atoms with van der Waals surface area (Å²) in [6.45, 7) is 4.18. The smallest absolute Gasteiger partial charge is 0.138 e. The summed E-state index contributed by atoms with van der Waals surface area (Å²) in [5, 5.41) is 4.25. The molecule has 1 aromatic carbocycles. The van der Waals surface area contributed by atoms with E-state index in [-0.39, 0.29) is 6.04 Å². The van der Waals surface area contributed by atoms with Crippen LogP contribution in [0.3, 0.4) is 0 Å². The van der Waals surface area contributed by atoms with E-state index in [1.54, 1.807) is 6.33 Å². The first-order valence-electron chi connectivity index (χ1n) is 6.21. The summed E-state index contributed by atoms with van der Waals surface area (Å²) in [5.41, 5.74) is 4.01. The number of rotatable bonds is 5. The lowest BCUT2D eigenvalue weighted by Gasteiger charge is -2.17. The average molecular weight is 371 g/mol. The molecule has 0 aliphatic carbocycles. The fourth-order valence-electron chi connectivity index (χ4n) is 2.00. The molecule has 0 aliphatic rings. The summed E-state index contributed by atoms with van der Waals surface area (Å²) in [5.74, 6) is 6.62. The molecular formula is C13H18IN5. The van der Waals surface area contributed by atoms with E-state index in [9.17, 15) is 0 Å². The molecule has 0 fully saturated rings. The molecule has 1 aromatic heterocycles. The number of aromatic nitrogens is 3. The van der Waals surface area contributed by atoms with Gasteiger partial charge in [0.1, 0.15) is 12.2 Å². The Kier molecular flexibility index (Phi) is 4.89. The van der Waals surface area contributed by atoms with E-state index in [1.807, 2.05) is 4.68 Å². The molecule has 2 aromatic rings. The van der Waals surface area contributed by atoms with Crippen molar-refractivity contribution < 1.29 is 0 Å². The van der Waals surface area contributed by atoms with Crippen molar-refractivity contribution in [3.8, 4) is 0 Å². The zero-order valence-corrected chi connectivity index (χ0v) is 13.2. The van der Waals surface area contributed by atoms with Crippen LogP contribution in [-0.2, 0) is 6.42 Å². The summed E-state index contributed by atoms with van der Waals surface area (Å²) in [7, 11) is 0. The van der Waals surface area contributed by atoms with Gasteiger partial charge in [0.2, 0.25) is 0 Å². The molecular weight excluding hydrogens is 353 g/mol. The van der Waals surface area contributed by atoms with E-state index in [2.05, 4.69) is 76.2 Å². The lowest BCUT2D eigenvalue weighted by molar-refractivity contribution is 0.468. The van der Waals surface area contributed by atoms with Crippen molar-refractivity contribution in [3.63, 3.8) is 0 Å². The molecule has 0 amide bonds. The van der Waals surface area contributed by atoms with Crippen molar-refractivity contribution in [2.24, 2.45) is 5.84 Å². The van der Waals surface area contributed by atoms with Gasteiger partial charge in [-0.25, -0.2) is 9.67 Å². The molecule has 1 unspecified atom stereocenters. The number of halogens is 1. The van der Waals surface area contributed by atoms with E-state index in [0.29, 0.717) is 6.04 Å². The van der Waals surface area contributed by atoms with Gasteiger partial charge in [0.25, 0.3) is 0 Å². The second-order valence-electron chi connectivity index (χ2n) is 4.69. The van der Waals surface area contributed by atoms with Gasteiger partial charge in [0, 0.05) is 16.0 Å². The summed E-state index contributed by atoms with van der Waals surface area (Å²) in [6.07, 6.45) is 2.31. The maximum atomic E-state index is 5.68. The molecule has 5 nitrogen and oxygen atoms in total. The predicted octanol–water partition coefficient (Wildman–Crippen LogP) is 2.21. The highest BCUT2D eigenvalue weighted by Gasteiger charge is 2.15. The van der Waals surface area contributed by atoms with Gasteiger partial charge in [-0.1, -0.05) is 12.1 Å². The number of nitrogens with two attached hydrogens (primary N) is 1. The number of hydrazine groups is 1. The summed E-state index contributed by atoms with van der Waals surface area (Å²) in [4.78, 5) is 4.32. The van der Waals surface area contributed by atoms with Crippen LogP contribution >= 0.6 is 22.6 Å². The van der Waals surface area contributed by atoms with E-state index in [1.165, 1.54) is 3.57 Å². The summed E-state index contributed by atoms with van der Waals surface area (Å²) < 4.78 is 3.14. The van der Waals surface area contributed by atoms with Crippen LogP contribution in [0.15, 0.2) is 30.6 Å². The van der Waals surface area contributed by atoms with E-state index in [4.69, 9.17) is 5.84 Å². The number of hydrogen-bond donors (Lipinski definition) is 2. The van der Waals surface area contributed by atoms with Crippen molar-refractivity contribution >= 4 is 22.6 Å². The van der Waals surface area contributed by atoms with Gasteiger partial charge < -0.3 is 0 Å². The van der Waals surface area contributed by atoms with Gasteiger partial charge in [-0.15, -0.1) is 0 Å². The van der Waals surface area contributed by atoms with E-state index < -0.39 is 0 Å². The normalized spacial score (nSPS) is 12.9. The first-order valence-corrected chi connectivity index (χ1v) is 7.29. The molecule has 3 N–H and O–H groups in total. The van der Waals surface area contributed by atoms with Crippen LogP contribution < -0.4 is 11.3 Å². The Morgan fingerprint density at radius 1 is 1.32 bits per heavy atom. The molecule has 102 valence electrons. The molecule has 0 radical (unpaired) electrons. The molecule has 0 bridgehead atoms. The number of nitrogens with one attached hydrogen (secondary N) is 1. The Morgan fingerprint density at radius 2 is 2.00 bits per heavy atom. The third kappa shape index (κ3) is 3.52. The van der Waals surface area contributed by atoms with Gasteiger partial charge in [0.05, 0.1) is 6.04 Å². The lowest BCUT2D eigenvalue weighted by atomic mass is 10.0. The average Bonchev–Trinajstić information content (AvgIpc) is 2.85. The molecule has 1 atom stereocenters. The van der Waals surface area contributed by atoms with Gasteiger partial charge in [-0.05, 0) is 54.1 Å². The monoisotopic (exact) mass is 371 g/mol. The molecule has 0 saturated heterocycles. The molecule has 6 heteroatoms. The fourth-order valence-corrected chi connectivity index (χ4v) is 2.36. The third-order valence-electron chi connectivity index (χ3n) is 3.00. The second kappa shape index (κ2) is 6.44. The van der Waals surface area contributed by atoms with E-state index in [0.717, 1.165) is 17.8 Å². The first kappa shape index (κ1) is 14.4. The lowest BCUT2D eigenvalue weighted by Crippen LogP contribution is -2.30. The summed E-state index contributed by atoms with van der Waals surface area (Å²) in [6, 6.07) is 8.66. The summed E-state index contributed by atoms with van der Waals surface area (Å²) >= 11 is 2.29. The van der Waals surface area contributed by atoms with Crippen LogP contribution in [0, 0.1) is 3.57 Å². The van der Waals surface area contributed by atoms with Crippen molar-refractivity contribution in [1.29, 1.82) is 0 Å². The molecule has 1 heterocycles. The van der Waals surface area contributed by atoms with Gasteiger partial charge in [-0.2, -0.15) is 5.10 Å². The standard InChI is InChI=1S/C13H18IN5/c1-9(2)19-13(16-8-17-19)7-12(18-15)10-3-5-11(14)6-4-10/h3-6,8-9,12,18H,7,15H2,1-2H3. The van der Waals surface area contributed by atoms with Gasteiger partial charge in [-0.3, -0.25) is 11.3 Å². The van der Waals surface area contributed by atoms with Crippen LogP contribution in [-0.4, -0.2) is 14.8 Å². The van der Waals surface area contributed by atoms with Crippen LogP contribution in [0.1, 0.15) is 37.3 Å². The maximum absolute atomic E-state index is 5.68. The zero-order valence-electron chi connectivity index (χ0n) is 11.0. The Bertz CT molecular complexity index is 520. The molecule has 0 aliphatic heterocycles. The highest BCUT2D eigenvalue weighted by Crippen LogP contribution is 2.19. The van der Waals surface area contributed by atoms with Gasteiger partial charge in [0.15, 0.2) is 0 Å². The maximum Gasteiger partial charge on any atom is 0.138 e. The topological polar surface area (TPSA) is 68.8 Å².